The number of nitrogens with zero attached hydrogens (tertiary/aromatic N) is 1. The SMILES string of the molecule is C[C@@H](CC1CCCC1)NCc1ccccc1NS(=O)(=O)c1ccc2nc(N)sc2c1. The van der Waals surface area contributed by atoms with Crippen molar-refractivity contribution in [1.82, 2.24) is 10.3 Å². The summed E-state index contributed by atoms with van der Waals surface area (Å²) in [6.45, 7) is 2.83. The van der Waals surface area contributed by atoms with Crippen molar-refractivity contribution < 1.29 is 8.42 Å². The van der Waals surface area contributed by atoms with Crippen molar-refractivity contribution in [3.63, 3.8) is 0 Å². The molecular formula is C22H28N4O2S2. The molecule has 30 heavy (non-hydrogen) atoms. The smallest absolute Gasteiger partial charge is 0.261 e. The fourth-order valence-corrected chi connectivity index (χ4v) is 6.16. The first kappa shape index (κ1) is 21.1. The number of benzene rings is 2. The zero-order valence-electron chi connectivity index (χ0n) is 17.1. The summed E-state index contributed by atoms with van der Waals surface area (Å²) >= 11 is 1.28. The molecule has 160 valence electrons. The highest BCUT2D eigenvalue weighted by molar-refractivity contribution is 7.92. The molecule has 6 nitrogen and oxygen atoms in total. The topological polar surface area (TPSA) is 97.1 Å². The van der Waals surface area contributed by atoms with Crippen LogP contribution in [0.2, 0.25) is 0 Å². The van der Waals surface area contributed by atoms with Crippen LogP contribution in [0, 0.1) is 5.92 Å². The molecule has 1 aliphatic carbocycles. The van der Waals surface area contributed by atoms with E-state index < -0.39 is 10.0 Å². The van der Waals surface area contributed by atoms with Crippen molar-refractivity contribution >= 4 is 42.4 Å². The first-order valence-electron chi connectivity index (χ1n) is 10.4. The average molecular weight is 445 g/mol. The molecule has 4 rings (SSSR count). The van der Waals surface area contributed by atoms with Gasteiger partial charge < -0.3 is 11.1 Å². The number of rotatable bonds is 8. The number of thiazole rings is 1. The number of nitrogens with one attached hydrogen (secondary N) is 2. The minimum atomic E-state index is -3.71. The van der Waals surface area contributed by atoms with E-state index in [2.05, 4.69) is 21.9 Å². The number of hydrogen-bond donors (Lipinski definition) is 3. The van der Waals surface area contributed by atoms with Crippen LogP contribution < -0.4 is 15.8 Å². The molecule has 8 heteroatoms. The summed E-state index contributed by atoms with van der Waals surface area (Å²) in [7, 11) is -3.71. The van der Waals surface area contributed by atoms with Gasteiger partial charge in [-0.25, -0.2) is 13.4 Å². The van der Waals surface area contributed by atoms with Gasteiger partial charge in [0.15, 0.2) is 5.13 Å². The highest BCUT2D eigenvalue weighted by Crippen LogP contribution is 2.29. The first-order chi connectivity index (χ1) is 14.4. The van der Waals surface area contributed by atoms with Gasteiger partial charge in [0.1, 0.15) is 0 Å². The van der Waals surface area contributed by atoms with Gasteiger partial charge in [-0.05, 0) is 49.1 Å². The summed E-state index contributed by atoms with van der Waals surface area (Å²) in [5.74, 6) is 0.817. The molecule has 1 saturated carbocycles. The number of para-hydroxylation sites is 1. The third-order valence-corrected chi connectivity index (χ3v) is 7.96. The predicted octanol–water partition coefficient (Wildman–Crippen LogP) is 4.74. The minimum absolute atomic E-state index is 0.205. The van der Waals surface area contributed by atoms with Crippen molar-refractivity contribution in [2.75, 3.05) is 10.5 Å². The number of nitrogen functional groups attached to an aromatic ring is 1. The average Bonchev–Trinajstić information content (AvgIpc) is 3.34. The highest BCUT2D eigenvalue weighted by atomic mass is 32.2. The first-order valence-corrected chi connectivity index (χ1v) is 12.7. The summed E-state index contributed by atoms with van der Waals surface area (Å²) in [5, 5.41) is 3.99. The van der Waals surface area contributed by atoms with Crippen molar-refractivity contribution in [2.45, 2.75) is 56.5 Å². The second kappa shape index (κ2) is 8.91. The minimum Gasteiger partial charge on any atom is -0.375 e. The Bertz CT molecular complexity index is 1120. The fourth-order valence-electron chi connectivity index (χ4n) is 4.18. The van der Waals surface area contributed by atoms with Crippen molar-refractivity contribution in [3.05, 3.63) is 48.0 Å². The second-order valence-electron chi connectivity index (χ2n) is 8.11. The van der Waals surface area contributed by atoms with Crippen molar-refractivity contribution in [3.8, 4) is 0 Å². The number of fused-ring (bicyclic) bond motifs is 1. The summed E-state index contributed by atoms with van der Waals surface area (Å²) in [4.78, 5) is 4.39. The molecule has 0 bridgehead atoms. The molecule has 1 aromatic heterocycles. The van der Waals surface area contributed by atoms with E-state index in [0.717, 1.165) is 16.2 Å². The monoisotopic (exact) mass is 444 g/mol. The van der Waals surface area contributed by atoms with E-state index in [-0.39, 0.29) is 4.90 Å². The van der Waals surface area contributed by atoms with E-state index in [1.54, 1.807) is 24.3 Å². The molecule has 1 aliphatic rings. The summed E-state index contributed by atoms with van der Waals surface area (Å²) < 4.78 is 29.5. The molecule has 1 atom stereocenters. The van der Waals surface area contributed by atoms with Crippen LogP contribution in [0.1, 0.15) is 44.6 Å². The van der Waals surface area contributed by atoms with E-state index in [4.69, 9.17) is 5.73 Å². The molecular weight excluding hydrogens is 416 g/mol. The molecule has 2 aromatic carbocycles. The molecule has 0 amide bonds. The molecule has 4 N–H and O–H groups in total. The van der Waals surface area contributed by atoms with Crippen LogP contribution in [0.3, 0.4) is 0 Å². The number of sulfonamides is 1. The van der Waals surface area contributed by atoms with Gasteiger partial charge in [0.25, 0.3) is 10.0 Å². The highest BCUT2D eigenvalue weighted by Gasteiger charge is 2.19. The lowest BCUT2D eigenvalue weighted by Gasteiger charge is -2.19. The lowest BCUT2D eigenvalue weighted by Crippen LogP contribution is -2.28. The van der Waals surface area contributed by atoms with E-state index in [0.29, 0.717) is 28.9 Å². The van der Waals surface area contributed by atoms with E-state index >= 15 is 0 Å². The van der Waals surface area contributed by atoms with Gasteiger partial charge in [-0.3, -0.25) is 4.72 Å². The Morgan fingerprint density at radius 1 is 1.20 bits per heavy atom. The van der Waals surface area contributed by atoms with Gasteiger partial charge in [-0.15, -0.1) is 0 Å². The van der Waals surface area contributed by atoms with Gasteiger partial charge in [-0.2, -0.15) is 0 Å². The predicted molar refractivity (Wildman–Crippen MR) is 124 cm³/mol. The van der Waals surface area contributed by atoms with Gasteiger partial charge in [0.2, 0.25) is 0 Å². The number of nitrogens with two attached hydrogens (primary N) is 1. The lowest BCUT2D eigenvalue weighted by molar-refractivity contribution is 0.404. The van der Waals surface area contributed by atoms with Crippen LogP contribution in [0.5, 0.6) is 0 Å². The van der Waals surface area contributed by atoms with Crippen molar-refractivity contribution in [1.29, 1.82) is 0 Å². The molecule has 1 heterocycles. The second-order valence-corrected chi connectivity index (χ2v) is 10.9. The molecule has 0 unspecified atom stereocenters. The Morgan fingerprint density at radius 2 is 1.97 bits per heavy atom. The molecule has 3 aromatic rings. The van der Waals surface area contributed by atoms with E-state index in [9.17, 15) is 8.42 Å². The maximum absolute atomic E-state index is 13.0. The number of hydrogen-bond acceptors (Lipinski definition) is 6. The van der Waals surface area contributed by atoms with Gasteiger partial charge in [0, 0.05) is 12.6 Å². The van der Waals surface area contributed by atoms with Crippen LogP contribution in [-0.2, 0) is 16.6 Å². The normalized spacial score (nSPS) is 16.2. The summed E-state index contributed by atoms with van der Waals surface area (Å²) in [5.41, 5.74) is 7.98. The van der Waals surface area contributed by atoms with Crippen LogP contribution in [0.4, 0.5) is 10.8 Å². The third-order valence-electron chi connectivity index (χ3n) is 5.75. The van der Waals surface area contributed by atoms with Gasteiger partial charge in [-0.1, -0.05) is 55.2 Å². The number of anilines is 2. The van der Waals surface area contributed by atoms with Gasteiger partial charge >= 0.3 is 0 Å². The summed E-state index contributed by atoms with van der Waals surface area (Å²) in [6, 6.07) is 12.8. The maximum atomic E-state index is 13.0. The van der Waals surface area contributed by atoms with Gasteiger partial charge in [0.05, 0.1) is 20.8 Å². The number of aromatic nitrogens is 1. The van der Waals surface area contributed by atoms with E-state index in [1.165, 1.54) is 43.4 Å². The van der Waals surface area contributed by atoms with Crippen LogP contribution in [0.15, 0.2) is 47.4 Å². The molecule has 1 fully saturated rings. The Morgan fingerprint density at radius 3 is 2.77 bits per heavy atom. The summed E-state index contributed by atoms with van der Waals surface area (Å²) in [6.07, 6.45) is 6.53. The Labute approximate surface area is 182 Å². The van der Waals surface area contributed by atoms with Crippen molar-refractivity contribution in [2.24, 2.45) is 5.92 Å². The molecule has 0 saturated heterocycles. The maximum Gasteiger partial charge on any atom is 0.261 e. The van der Waals surface area contributed by atoms with E-state index in [1.807, 2.05) is 18.2 Å². The zero-order valence-corrected chi connectivity index (χ0v) is 18.7. The molecule has 0 spiro atoms. The fraction of sp³-hybridized carbons (Fsp3) is 0.409. The Kier molecular flexibility index (Phi) is 6.26. The third kappa shape index (κ3) is 4.94. The Balaban J connectivity index is 1.46. The largest absolute Gasteiger partial charge is 0.375 e. The van der Waals surface area contributed by atoms with Crippen LogP contribution >= 0.6 is 11.3 Å². The van der Waals surface area contributed by atoms with Crippen LogP contribution in [-0.4, -0.2) is 19.4 Å². The molecule has 0 radical (unpaired) electrons. The quantitative estimate of drug-likeness (QED) is 0.466. The lowest BCUT2D eigenvalue weighted by atomic mass is 9.99. The zero-order chi connectivity index (χ0) is 21.1. The Hall–Kier alpha value is -2.16. The standard InChI is InChI=1S/C22H28N4O2S2/c1-15(12-16-6-2-3-7-16)24-14-17-8-4-5-9-19(17)26-30(27,28)18-10-11-20-21(13-18)29-22(23)25-20/h4-5,8-11,13,15-16,24,26H,2-3,6-7,12,14H2,1H3,(H2,23,25)/t15-/m0/s1. The molecule has 0 aliphatic heterocycles. The van der Waals surface area contributed by atoms with Crippen LogP contribution in [0.25, 0.3) is 10.2 Å².